The van der Waals surface area contributed by atoms with Crippen molar-refractivity contribution in [1.82, 2.24) is 46.8 Å². The van der Waals surface area contributed by atoms with Crippen LogP contribution in [-0.4, -0.2) is 178 Å². The number of aliphatic carboxylic acids is 1. The Bertz CT molecular complexity index is 2070. The number of carbonyl (C=O) groups excluding carboxylic acids is 8. The summed E-state index contributed by atoms with van der Waals surface area (Å²) >= 11 is 0. The number of carboxylic acids is 1. The van der Waals surface area contributed by atoms with Crippen LogP contribution in [0.25, 0.3) is 0 Å². The number of unbranched alkanes of at least 4 members (excludes halogenated alkanes) is 2. The third-order valence-electron chi connectivity index (χ3n) is 12.3. The maximum absolute atomic E-state index is 14.2. The molecule has 1 aliphatic heterocycles. The summed E-state index contributed by atoms with van der Waals surface area (Å²) < 4.78 is 0. The topological polar surface area (TPSA) is 493 Å². The molecule has 0 aromatic carbocycles. The van der Waals surface area contributed by atoms with Gasteiger partial charge in [-0.3, -0.25) is 43.3 Å². The second kappa shape index (κ2) is 34.8. The van der Waals surface area contributed by atoms with E-state index in [0.717, 1.165) is 0 Å². The number of aliphatic imine (C=N–C) groups is 1. The average Bonchev–Trinajstić information content (AvgIpc) is 4.09. The summed E-state index contributed by atoms with van der Waals surface area (Å²) in [5, 5.41) is 35.8. The van der Waals surface area contributed by atoms with E-state index in [4.69, 9.17) is 40.1 Å². The monoisotopic (exact) mass is 1060 g/mol. The maximum Gasteiger partial charge on any atom is 0.331 e. The molecular formula is C47H83N17O11. The van der Waals surface area contributed by atoms with Gasteiger partial charge in [0.1, 0.15) is 30.2 Å². The first-order chi connectivity index (χ1) is 35.7. The van der Waals surface area contributed by atoms with E-state index in [9.17, 15) is 53.4 Å². The van der Waals surface area contributed by atoms with Gasteiger partial charge in [0.05, 0.1) is 31.1 Å². The van der Waals surface area contributed by atoms with Crippen LogP contribution in [0, 0.1) is 5.92 Å². The predicted octanol–water partition coefficient (Wildman–Crippen LogP) is -5.19. The SMILES string of the molecule is CC(C)[C@H](NC(=O)[C@@H](NC(=O)[C@@H](N)CCCCN)[C@@H](O)CN)C(=O)NCC(=O)N[C@H](CCCN)C(=O)N1CCC[C@H]1C(=O)N[C@@H](Cc1cnc[nH]1)C(=O)N[C@@H](CCCCN)C(=O)CC/C(=C\CCN=C(N)N)C(=O)O. The fourth-order valence-corrected chi connectivity index (χ4v) is 8.09. The standard InChI is InChI=1S/C47H83N17O11/c1-27(2)38(62-44(72)39(36(66)23-51)63-40(68)30(52)11-3-5-17-48)43(71)57-25-37(67)59-32(13-7-19-50)45(73)64-21-9-14-34(64)42(70)61-33(22-29-24-55-26-58-29)41(69)60-31(12-4-6-18-49)35(65)16-15-28(46(74)75)10-8-20-56-47(53)54/h10,24,26-27,30-34,36,38-39,66H,3-9,11-23,25,48-52H2,1-2H3,(H,55,58)(H,57,71)(H,59,67)(H,60,69)(H,61,70)(H,62,72)(H,63,68)(H,74,75)(H4,53,54,56)/b28-10+/t30-,31-,32+,33-,34-,36-,38-,39-/m0/s1. The zero-order valence-corrected chi connectivity index (χ0v) is 43.2. The molecule has 0 saturated carbocycles. The molecular weight excluding hydrogens is 979 g/mol. The lowest BCUT2D eigenvalue weighted by atomic mass is 9.98. The largest absolute Gasteiger partial charge is 0.478 e. The van der Waals surface area contributed by atoms with Crippen LogP contribution < -0.4 is 72.0 Å². The number of rotatable bonds is 37. The number of imidazole rings is 1. The number of nitrogens with zero attached hydrogens (tertiary/aromatic N) is 3. The lowest BCUT2D eigenvalue weighted by Gasteiger charge is -2.30. The molecule has 75 heavy (non-hydrogen) atoms. The average molecular weight is 1060 g/mol. The Kier molecular flexibility index (Phi) is 30.0. The van der Waals surface area contributed by atoms with Gasteiger partial charge in [-0.05, 0) is 96.2 Å². The van der Waals surface area contributed by atoms with Gasteiger partial charge in [-0.25, -0.2) is 9.78 Å². The molecule has 0 radical (unpaired) electrons. The van der Waals surface area contributed by atoms with Crippen molar-refractivity contribution in [2.75, 3.05) is 45.8 Å². The normalized spacial score (nSPS) is 16.3. The first-order valence-corrected chi connectivity index (χ1v) is 25.5. The predicted molar refractivity (Wildman–Crippen MR) is 277 cm³/mol. The minimum atomic E-state index is -1.57. The number of H-pyrrole nitrogens is 1. The Morgan fingerprint density at radius 3 is 2.05 bits per heavy atom. The lowest BCUT2D eigenvalue weighted by Crippen LogP contribution is -2.61. The number of hydrogen-bond donors (Lipinski definition) is 16. The van der Waals surface area contributed by atoms with Crippen molar-refractivity contribution < 1.29 is 53.4 Å². The molecule has 0 bridgehead atoms. The molecule has 1 aromatic rings. The highest BCUT2D eigenvalue weighted by Crippen LogP contribution is 2.21. The Morgan fingerprint density at radius 1 is 0.800 bits per heavy atom. The van der Waals surface area contributed by atoms with Crippen LogP contribution in [0.5, 0.6) is 0 Å². The van der Waals surface area contributed by atoms with E-state index in [2.05, 4.69) is 46.9 Å². The summed E-state index contributed by atoms with van der Waals surface area (Å²) in [6, 6.07) is -8.48. The number of aliphatic hydroxyl groups excluding tert-OH is 1. The fourth-order valence-electron chi connectivity index (χ4n) is 8.09. The van der Waals surface area contributed by atoms with Gasteiger partial charge in [-0.1, -0.05) is 26.3 Å². The van der Waals surface area contributed by atoms with Gasteiger partial charge >= 0.3 is 5.97 Å². The van der Waals surface area contributed by atoms with Crippen molar-refractivity contribution in [2.45, 2.75) is 152 Å². The van der Waals surface area contributed by atoms with E-state index in [1.165, 1.54) is 23.5 Å². The molecule has 0 unspecified atom stereocenters. The number of aromatic amines is 1. The summed E-state index contributed by atoms with van der Waals surface area (Å²) in [6.45, 7) is 3.31. The lowest BCUT2D eigenvalue weighted by molar-refractivity contribution is -0.142. The zero-order chi connectivity index (χ0) is 56.0. The molecule has 28 nitrogen and oxygen atoms in total. The first kappa shape index (κ1) is 64.5. The number of guanidine groups is 1. The summed E-state index contributed by atoms with van der Waals surface area (Å²) in [6.07, 6.45) is 6.01. The van der Waals surface area contributed by atoms with Gasteiger partial charge in [0, 0.05) is 49.9 Å². The van der Waals surface area contributed by atoms with Gasteiger partial charge < -0.3 is 92.1 Å². The van der Waals surface area contributed by atoms with Crippen LogP contribution in [0.4, 0.5) is 0 Å². The number of carbonyl (C=O) groups is 9. The second-order valence-corrected chi connectivity index (χ2v) is 18.7. The quantitative estimate of drug-likeness (QED) is 0.0128. The Labute approximate surface area is 437 Å². The number of ketones is 1. The van der Waals surface area contributed by atoms with E-state index < -0.39 is 121 Å². The number of likely N-dealkylation sites (tertiary alicyclic amines) is 1. The fraction of sp³-hybridized carbons (Fsp3) is 0.681. The van der Waals surface area contributed by atoms with E-state index in [-0.39, 0.29) is 89.0 Å². The van der Waals surface area contributed by atoms with Crippen molar-refractivity contribution >= 4 is 59.1 Å². The number of aliphatic hydroxyl groups is 1. The number of nitrogens with one attached hydrogen (secondary N) is 7. The Morgan fingerprint density at radius 2 is 1.45 bits per heavy atom. The molecule has 1 aliphatic rings. The molecule has 7 amide bonds. The third kappa shape index (κ3) is 23.2. The molecule has 0 spiro atoms. The van der Waals surface area contributed by atoms with Crippen molar-refractivity contribution in [3.8, 4) is 0 Å². The number of aromatic nitrogens is 2. The van der Waals surface area contributed by atoms with E-state index in [0.29, 0.717) is 50.9 Å². The Hall–Kier alpha value is -6.59. The van der Waals surface area contributed by atoms with Crippen LogP contribution in [0.1, 0.15) is 103 Å². The summed E-state index contributed by atoms with van der Waals surface area (Å²) in [4.78, 5) is 133. The second-order valence-electron chi connectivity index (χ2n) is 18.7. The molecule has 1 aromatic heterocycles. The van der Waals surface area contributed by atoms with Crippen molar-refractivity contribution in [3.05, 3.63) is 29.9 Å². The Balaban J connectivity index is 2.23. The zero-order valence-electron chi connectivity index (χ0n) is 43.2. The molecule has 0 aliphatic carbocycles. The summed E-state index contributed by atoms with van der Waals surface area (Å²) in [7, 11) is 0. The van der Waals surface area contributed by atoms with Crippen LogP contribution in [0.15, 0.2) is 29.2 Å². The van der Waals surface area contributed by atoms with Crippen LogP contribution in [0.3, 0.4) is 0 Å². The molecule has 8 atom stereocenters. The highest BCUT2D eigenvalue weighted by Gasteiger charge is 2.40. The van der Waals surface area contributed by atoms with Gasteiger partial charge in [-0.15, -0.1) is 0 Å². The number of carboxylic acid groups (broad SMARTS) is 1. The summed E-state index contributed by atoms with van der Waals surface area (Å²) in [5.74, 6) is -7.65. The van der Waals surface area contributed by atoms with Crippen molar-refractivity contribution in [1.29, 1.82) is 0 Å². The van der Waals surface area contributed by atoms with Crippen molar-refractivity contribution in [3.63, 3.8) is 0 Å². The molecule has 2 heterocycles. The molecule has 1 saturated heterocycles. The van der Waals surface area contributed by atoms with E-state index >= 15 is 0 Å². The molecule has 1 fully saturated rings. The minimum absolute atomic E-state index is 0.0346. The maximum atomic E-state index is 14.2. The first-order valence-electron chi connectivity index (χ1n) is 25.5. The molecule has 422 valence electrons. The van der Waals surface area contributed by atoms with Gasteiger partial charge in [0.25, 0.3) is 0 Å². The van der Waals surface area contributed by atoms with Gasteiger partial charge in [0.2, 0.25) is 41.4 Å². The third-order valence-corrected chi connectivity index (χ3v) is 12.3. The smallest absolute Gasteiger partial charge is 0.331 e. The summed E-state index contributed by atoms with van der Waals surface area (Å²) in [5.41, 5.74) is 39.7. The number of Topliss-reactive ketones (excluding diaryl/α,β-unsaturated/α-hetero) is 1. The van der Waals surface area contributed by atoms with Crippen LogP contribution in [0.2, 0.25) is 0 Å². The van der Waals surface area contributed by atoms with Gasteiger partial charge in [-0.2, -0.15) is 0 Å². The minimum Gasteiger partial charge on any atom is -0.478 e. The molecule has 23 N–H and O–H groups in total. The van der Waals surface area contributed by atoms with Crippen LogP contribution >= 0.6 is 0 Å². The van der Waals surface area contributed by atoms with Gasteiger partial charge in [0.15, 0.2) is 11.7 Å². The van der Waals surface area contributed by atoms with Crippen molar-refractivity contribution in [2.24, 2.45) is 51.0 Å². The number of nitrogens with two attached hydrogens (primary N) is 7. The highest BCUT2D eigenvalue weighted by molar-refractivity contribution is 5.98. The highest BCUT2D eigenvalue weighted by atomic mass is 16.4. The number of amides is 7. The molecule has 28 heteroatoms. The van der Waals surface area contributed by atoms with Crippen LogP contribution in [-0.2, 0) is 49.6 Å². The number of hydrogen-bond acceptors (Lipinski definition) is 17. The van der Waals surface area contributed by atoms with E-state index in [1.807, 2.05) is 0 Å². The molecule has 2 rings (SSSR count). The van der Waals surface area contributed by atoms with E-state index in [1.54, 1.807) is 13.8 Å².